The van der Waals surface area contributed by atoms with Gasteiger partial charge in [-0.3, -0.25) is 4.90 Å². The molecule has 0 aromatic carbocycles. The van der Waals surface area contributed by atoms with Crippen LogP contribution in [0.3, 0.4) is 0 Å². The van der Waals surface area contributed by atoms with Crippen LogP contribution in [-0.4, -0.2) is 37.3 Å². The Morgan fingerprint density at radius 3 is 3.31 bits per heavy atom. The third kappa shape index (κ3) is 1.17. The second-order valence-corrected chi connectivity index (χ2v) is 4.07. The molecule has 2 aliphatic rings. The van der Waals surface area contributed by atoms with Crippen molar-refractivity contribution in [3.05, 3.63) is 18.3 Å². The third-order valence-electron chi connectivity index (χ3n) is 3.23. The molecule has 0 N–H and O–H groups in total. The topological polar surface area (TPSA) is 45.7 Å². The number of ether oxygens (including phenoxy) is 1. The largest absolute Gasteiger partial charge is 0.452 e. The average molecular weight is 219 g/mol. The van der Waals surface area contributed by atoms with Crippen LogP contribution in [0.1, 0.15) is 6.42 Å². The van der Waals surface area contributed by atoms with E-state index in [1.807, 2.05) is 12.1 Å². The van der Waals surface area contributed by atoms with E-state index in [2.05, 4.69) is 9.88 Å². The Morgan fingerprint density at radius 2 is 2.50 bits per heavy atom. The summed E-state index contributed by atoms with van der Waals surface area (Å²) in [4.78, 5) is 20.0. The molecule has 5 nitrogen and oxygen atoms in total. The van der Waals surface area contributed by atoms with E-state index in [9.17, 15) is 4.79 Å². The summed E-state index contributed by atoms with van der Waals surface area (Å²) in [6.45, 7) is 1.87. The number of anilines is 2. The van der Waals surface area contributed by atoms with Crippen molar-refractivity contribution < 1.29 is 9.53 Å². The standard InChI is InChI=1S/C11H13N3O2/c1-16-11(15)14-8-4-6-13(7-8)9-3-2-5-12-10(9)14/h2-3,5,8H,4,6-7H2,1H3/t8-/m0/s1. The van der Waals surface area contributed by atoms with Gasteiger partial charge in [-0.15, -0.1) is 0 Å². The summed E-state index contributed by atoms with van der Waals surface area (Å²) in [7, 11) is 1.41. The van der Waals surface area contributed by atoms with Gasteiger partial charge in [0.25, 0.3) is 0 Å². The van der Waals surface area contributed by atoms with E-state index >= 15 is 0 Å². The fourth-order valence-corrected chi connectivity index (χ4v) is 2.50. The number of carbonyl (C=O) groups excluding carboxylic acids is 1. The molecule has 1 fully saturated rings. The number of rotatable bonds is 0. The summed E-state index contributed by atoms with van der Waals surface area (Å²) in [5.41, 5.74) is 1.03. The van der Waals surface area contributed by atoms with Crippen LogP contribution < -0.4 is 9.80 Å². The van der Waals surface area contributed by atoms with Crippen molar-refractivity contribution in [3.8, 4) is 0 Å². The summed E-state index contributed by atoms with van der Waals surface area (Å²) in [6, 6.07) is 4.10. The second kappa shape index (κ2) is 3.37. The minimum atomic E-state index is -0.313. The van der Waals surface area contributed by atoms with Gasteiger partial charge in [-0.05, 0) is 18.6 Å². The lowest BCUT2D eigenvalue weighted by molar-refractivity contribution is 0.176. The molecule has 1 amide bonds. The molecule has 2 aliphatic heterocycles. The Balaban J connectivity index is 2.10. The van der Waals surface area contributed by atoms with Gasteiger partial charge in [-0.2, -0.15) is 0 Å². The first kappa shape index (κ1) is 9.45. The number of nitrogens with zero attached hydrogens (tertiary/aromatic N) is 3. The molecule has 16 heavy (non-hydrogen) atoms. The van der Waals surface area contributed by atoms with Crippen LogP contribution in [0.5, 0.6) is 0 Å². The maximum Gasteiger partial charge on any atom is 0.415 e. The molecule has 3 rings (SSSR count). The molecule has 0 radical (unpaired) electrons. The normalized spacial score (nSPS) is 21.9. The summed E-state index contributed by atoms with van der Waals surface area (Å²) in [6.07, 6.45) is 2.37. The van der Waals surface area contributed by atoms with Gasteiger partial charge >= 0.3 is 6.09 Å². The monoisotopic (exact) mass is 219 g/mol. The molecule has 1 atom stereocenters. The van der Waals surface area contributed by atoms with Crippen LogP contribution in [0.4, 0.5) is 16.3 Å². The highest BCUT2D eigenvalue weighted by Gasteiger charge is 2.40. The van der Waals surface area contributed by atoms with Gasteiger partial charge in [-0.25, -0.2) is 9.78 Å². The Labute approximate surface area is 93.6 Å². The predicted octanol–water partition coefficient (Wildman–Crippen LogP) is 1.25. The van der Waals surface area contributed by atoms with E-state index < -0.39 is 0 Å². The molecule has 1 saturated heterocycles. The van der Waals surface area contributed by atoms with E-state index in [1.165, 1.54) is 7.11 Å². The zero-order chi connectivity index (χ0) is 11.1. The third-order valence-corrected chi connectivity index (χ3v) is 3.23. The van der Waals surface area contributed by atoms with E-state index in [0.29, 0.717) is 0 Å². The lowest BCUT2D eigenvalue weighted by Gasteiger charge is -2.34. The molecule has 0 unspecified atom stereocenters. The molecule has 1 aromatic heterocycles. The molecule has 84 valence electrons. The smallest absolute Gasteiger partial charge is 0.415 e. The number of aromatic nitrogens is 1. The quantitative estimate of drug-likeness (QED) is 0.658. The fourth-order valence-electron chi connectivity index (χ4n) is 2.50. The number of methoxy groups -OCH3 is 1. The zero-order valence-corrected chi connectivity index (χ0v) is 9.09. The molecule has 3 heterocycles. The maximum absolute atomic E-state index is 11.8. The van der Waals surface area contributed by atoms with Crippen LogP contribution in [0.25, 0.3) is 0 Å². The first-order chi connectivity index (χ1) is 7.81. The molecule has 2 bridgehead atoms. The van der Waals surface area contributed by atoms with Crippen LogP contribution >= 0.6 is 0 Å². The minimum Gasteiger partial charge on any atom is -0.452 e. The lowest BCUT2D eigenvalue weighted by Crippen LogP contribution is -2.46. The Bertz CT molecular complexity index is 435. The van der Waals surface area contributed by atoms with Crippen molar-refractivity contribution in [1.82, 2.24) is 4.98 Å². The van der Waals surface area contributed by atoms with Gasteiger partial charge < -0.3 is 9.64 Å². The highest BCUT2D eigenvalue weighted by molar-refractivity contribution is 5.93. The molecular formula is C11H13N3O2. The number of hydrogen-bond acceptors (Lipinski definition) is 4. The first-order valence-electron chi connectivity index (χ1n) is 5.38. The van der Waals surface area contributed by atoms with Crippen LogP contribution in [-0.2, 0) is 4.74 Å². The Morgan fingerprint density at radius 1 is 1.62 bits per heavy atom. The van der Waals surface area contributed by atoms with Crippen molar-refractivity contribution in [1.29, 1.82) is 0 Å². The van der Waals surface area contributed by atoms with E-state index in [1.54, 1.807) is 11.1 Å². The fraction of sp³-hybridized carbons (Fsp3) is 0.455. The van der Waals surface area contributed by atoms with Gasteiger partial charge in [0.05, 0.1) is 18.8 Å². The van der Waals surface area contributed by atoms with E-state index in [-0.39, 0.29) is 12.1 Å². The van der Waals surface area contributed by atoms with E-state index in [4.69, 9.17) is 4.74 Å². The van der Waals surface area contributed by atoms with Gasteiger partial charge in [0, 0.05) is 19.3 Å². The van der Waals surface area contributed by atoms with Crippen molar-refractivity contribution in [2.24, 2.45) is 0 Å². The van der Waals surface area contributed by atoms with Gasteiger partial charge in [0.15, 0.2) is 5.82 Å². The Hall–Kier alpha value is -1.78. The summed E-state index contributed by atoms with van der Waals surface area (Å²) < 4.78 is 4.83. The van der Waals surface area contributed by atoms with Gasteiger partial charge in [0.1, 0.15) is 0 Å². The maximum atomic E-state index is 11.8. The number of carbonyl (C=O) groups is 1. The highest BCUT2D eigenvalue weighted by Crippen LogP contribution is 2.38. The van der Waals surface area contributed by atoms with Crippen LogP contribution in [0, 0.1) is 0 Å². The molecule has 5 heteroatoms. The molecular weight excluding hydrogens is 206 g/mol. The van der Waals surface area contributed by atoms with Crippen LogP contribution in [0.2, 0.25) is 0 Å². The van der Waals surface area contributed by atoms with Crippen molar-refractivity contribution in [2.45, 2.75) is 12.5 Å². The highest BCUT2D eigenvalue weighted by atomic mass is 16.5. The summed E-state index contributed by atoms with van der Waals surface area (Å²) in [5, 5.41) is 0. The second-order valence-electron chi connectivity index (χ2n) is 4.07. The first-order valence-corrected chi connectivity index (χ1v) is 5.38. The lowest BCUT2D eigenvalue weighted by atomic mass is 10.2. The van der Waals surface area contributed by atoms with Crippen molar-refractivity contribution in [3.63, 3.8) is 0 Å². The Kier molecular flexibility index (Phi) is 1.99. The predicted molar refractivity (Wildman–Crippen MR) is 59.7 cm³/mol. The summed E-state index contributed by atoms with van der Waals surface area (Å²) in [5.74, 6) is 0.725. The van der Waals surface area contributed by atoms with Crippen LogP contribution in [0.15, 0.2) is 18.3 Å². The molecule has 0 spiro atoms. The minimum absolute atomic E-state index is 0.204. The molecule has 0 saturated carbocycles. The number of hydrogen-bond donors (Lipinski definition) is 0. The van der Waals surface area contributed by atoms with Crippen molar-refractivity contribution in [2.75, 3.05) is 30.0 Å². The summed E-state index contributed by atoms with van der Waals surface area (Å²) >= 11 is 0. The molecule has 1 aromatic rings. The van der Waals surface area contributed by atoms with E-state index in [0.717, 1.165) is 31.0 Å². The van der Waals surface area contributed by atoms with Gasteiger partial charge in [-0.1, -0.05) is 0 Å². The number of amides is 1. The average Bonchev–Trinajstić information content (AvgIpc) is 2.74. The zero-order valence-electron chi connectivity index (χ0n) is 9.09. The molecule has 0 aliphatic carbocycles. The SMILES string of the molecule is COC(=O)N1c2ncccc2N2CC[C@H]1C2. The van der Waals surface area contributed by atoms with Gasteiger partial charge in [0.2, 0.25) is 0 Å². The number of pyridine rings is 1. The number of fused-ring (bicyclic) bond motifs is 4. The van der Waals surface area contributed by atoms with Crippen molar-refractivity contribution >= 4 is 17.6 Å².